The van der Waals surface area contributed by atoms with Gasteiger partial charge < -0.3 is 5.32 Å². The lowest BCUT2D eigenvalue weighted by atomic mass is 10.0. The van der Waals surface area contributed by atoms with E-state index in [1.54, 1.807) is 23.1 Å². The number of aromatic nitrogens is 1. The summed E-state index contributed by atoms with van der Waals surface area (Å²) in [6.45, 7) is 0. The first kappa shape index (κ1) is 18.0. The van der Waals surface area contributed by atoms with Crippen LogP contribution in [0.15, 0.2) is 78.9 Å². The van der Waals surface area contributed by atoms with Crippen molar-refractivity contribution < 1.29 is 4.79 Å². The van der Waals surface area contributed by atoms with Gasteiger partial charge in [-0.1, -0.05) is 65.7 Å². The highest BCUT2D eigenvalue weighted by Crippen LogP contribution is 2.41. The molecule has 1 aromatic heterocycles. The van der Waals surface area contributed by atoms with E-state index in [0.717, 1.165) is 16.6 Å². The molecule has 1 N–H and O–H groups in total. The Morgan fingerprint density at radius 2 is 1.55 bits per heavy atom. The molecule has 142 valence electrons. The lowest BCUT2D eigenvalue weighted by Gasteiger charge is -2.38. The molecule has 0 radical (unpaired) electrons. The Hall–Kier alpha value is -3.08. The van der Waals surface area contributed by atoms with Gasteiger partial charge in [0, 0.05) is 26.7 Å². The normalized spacial score (nSPS) is 15.9. The van der Waals surface area contributed by atoms with Crippen molar-refractivity contribution in [3.8, 4) is 0 Å². The molecule has 2 heterocycles. The minimum Gasteiger partial charge on any atom is -0.345 e. The van der Waals surface area contributed by atoms with E-state index in [1.165, 1.54) is 0 Å². The number of hydrogen-bond acceptors (Lipinski definition) is 3. The van der Waals surface area contributed by atoms with Gasteiger partial charge in [0.05, 0.1) is 11.1 Å². The maximum absolute atomic E-state index is 13.6. The Labute approximate surface area is 177 Å². The fourth-order valence-corrected chi connectivity index (χ4v) is 4.26. The van der Waals surface area contributed by atoms with E-state index in [9.17, 15) is 4.79 Å². The van der Waals surface area contributed by atoms with Crippen LogP contribution >= 0.6 is 23.2 Å². The number of pyridine rings is 1. The maximum atomic E-state index is 13.6. The van der Waals surface area contributed by atoms with Gasteiger partial charge in [0.2, 0.25) is 0 Å². The number of rotatable bonds is 2. The SMILES string of the molecule is O=C1c2cc3ccccc3nc2N[C@@H](c2c(Cl)cccc2Cl)N1c1ccccc1. The Morgan fingerprint density at radius 1 is 0.862 bits per heavy atom. The number of benzene rings is 3. The molecule has 3 aromatic carbocycles. The predicted octanol–water partition coefficient (Wildman–Crippen LogP) is 6.31. The fraction of sp³-hybridized carbons (Fsp3) is 0.0435. The van der Waals surface area contributed by atoms with Crippen LogP contribution in [-0.2, 0) is 0 Å². The summed E-state index contributed by atoms with van der Waals surface area (Å²) >= 11 is 13.0. The summed E-state index contributed by atoms with van der Waals surface area (Å²) in [4.78, 5) is 20.0. The van der Waals surface area contributed by atoms with Crippen molar-refractivity contribution in [1.29, 1.82) is 0 Å². The number of carbonyl (C=O) groups is 1. The maximum Gasteiger partial charge on any atom is 0.264 e. The van der Waals surface area contributed by atoms with Crippen molar-refractivity contribution in [3.05, 3.63) is 100 Å². The van der Waals surface area contributed by atoms with E-state index in [4.69, 9.17) is 23.2 Å². The minimum atomic E-state index is -0.590. The predicted molar refractivity (Wildman–Crippen MR) is 118 cm³/mol. The molecule has 29 heavy (non-hydrogen) atoms. The molecule has 0 spiro atoms. The summed E-state index contributed by atoms with van der Waals surface area (Å²) in [5.74, 6) is 0.353. The molecule has 0 saturated carbocycles. The van der Waals surface area contributed by atoms with Crippen molar-refractivity contribution >= 4 is 51.5 Å². The molecule has 1 aliphatic heterocycles. The molecule has 6 heteroatoms. The molecule has 1 aliphatic rings. The van der Waals surface area contributed by atoms with Crippen molar-refractivity contribution in [2.75, 3.05) is 10.2 Å². The van der Waals surface area contributed by atoms with Crippen LogP contribution in [-0.4, -0.2) is 10.9 Å². The highest BCUT2D eigenvalue weighted by molar-refractivity contribution is 6.36. The molecule has 0 saturated heterocycles. The smallest absolute Gasteiger partial charge is 0.264 e. The Kier molecular flexibility index (Phi) is 4.38. The third kappa shape index (κ3) is 3.01. The van der Waals surface area contributed by atoms with Gasteiger partial charge in [0.1, 0.15) is 12.0 Å². The van der Waals surface area contributed by atoms with Gasteiger partial charge in [-0.25, -0.2) is 4.98 Å². The van der Waals surface area contributed by atoms with Crippen LogP contribution < -0.4 is 10.2 Å². The van der Waals surface area contributed by atoms with Crippen LogP contribution in [0.4, 0.5) is 11.5 Å². The van der Waals surface area contributed by atoms with Crippen molar-refractivity contribution in [2.24, 2.45) is 0 Å². The van der Waals surface area contributed by atoms with Gasteiger partial charge >= 0.3 is 0 Å². The summed E-state index contributed by atoms with van der Waals surface area (Å²) in [6.07, 6.45) is -0.590. The number of anilines is 2. The number of nitrogens with one attached hydrogen (secondary N) is 1. The average Bonchev–Trinajstić information content (AvgIpc) is 2.73. The third-order valence-corrected chi connectivity index (χ3v) is 5.67. The zero-order valence-electron chi connectivity index (χ0n) is 15.1. The van der Waals surface area contributed by atoms with Crippen LogP contribution in [0, 0.1) is 0 Å². The van der Waals surface area contributed by atoms with Gasteiger partial charge in [-0.05, 0) is 36.4 Å². The molecule has 0 fully saturated rings. The summed E-state index contributed by atoms with van der Waals surface area (Å²) in [5.41, 5.74) is 2.69. The van der Waals surface area contributed by atoms with E-state index >= 15 is 0 Å². The monoisotopic (exact) mass is 419 g/mol. The van der Waals surface area contributed by atoms with Crippen LogP contribution in [0.25, 0.3) is 10.9 Å². The van der Waals surface area contributed by atoms with Gasteiger partial charge in [0.25, 0.3) is 5.91 Å². The van der Waals surface area contributed by atoms with E-state index < -0.39 is 6.17 Å². The summed E-state index contributed by atoms with van der Waals surface area (Å²) in [7, 11) is 0. The minimum absolute atomic E-state index is 0.163. The number of carbonyl (C=O) groups excluding carboxylic acids is 1. The number of fused-ring (bicyclic) bond motifs is 2. The lowest BCUT2D eigenvalue weighted by molar-refractivity contribution is 0.0974. The first-order chi connectivity index (χ1) is 14.1. The second-order valence-corrected chi connectivity index (χ2v) is 7.58. The van der Waals surface area contributed by atoms with E-state index in [2.05, 4.69) is 10.3 Å². The topological polar surface area (TPSA) is 45.2 Å². The molecule has 4 aromatic rings. The molecular formula is C23H15Cl2N3O. The fourth-order valence-electron chi connectivity index (χ4n) is 3.66. The summed E-state index contributed by atoms with van der Waals surface area (Å²) in [6, 6.07) is 24.4. The lowest BCUT2D eigenvalue weighted by Crippen LogP contribution is -2.43. The van der Waals surface area contributed by atoms with Crippen molar-refractivity contribution in [2.45, 2.75) is 6.17 Å². The summed E-state index contributed by atoms with van der Waals surface area (Å²) < 4.78 is 0. The van der Waals surface area contributed by atoms with Crippen LogP contribution in [0.1, 0.15) is 22.1 Å². The number of nitrogens with zero attached hydrogens (tertiary/aromatic N) is 2. The molecule has 0 unspecified atom stereocenters. The number of hydrogen-bond donors (Lipinski definition) is 1. The average molecular weight is 420 g/mol. The Bertz CT molecular complexity index is 1220. The third-order valence-electron chi connectivity index (χ3n) is 5.01. The van der Waals surface area contributed by atoms with Gasteiger partial charge in [-0.2, -0.15) is 0 Å². The van der Waals surface area contributed by atoms with E-state index in [-0.39, 0.29) is 5.91 Å². The second-order valence-electron chi connectivity index (χ2n) is 6.77. The van der Waals surface area contributed by atoms with Crippen LogP contribution in [0.5, 0.6) is 0 Å². The van der Waals surface area contributed by atoms with Crippen LogP contribution in [0.2, 0.25) is 10.0 Å². The van der Waals surface area contributed by atoms with Crippen LogP contribution in [0.3, 0.4) is 0 Å². The Morgan fingerprint density at radius 3 is 2.31 bits per heavy atom. The number of para-hydroxylation sites is 2. The molecule has 5 rings (SSSR count). The van der Waals surface area contributed by atoms with E-state index in [0.29, 0.717) is 27.0 Å². The first-order valence-electron chi connectivity index (χ1n) is 9.12. The molecule has 4 nitrogen and oxygen atoms in total. The van der Waals surface area contributed by atoms with Gasteiger partial charge in [-0.15, -0.1) is 0 Å². The second kappa shape index (κ2) is 7.07. The molecular weight excluding hydrogens is 405 g/mol. The van der Waals surface area contributed by atoms with Gasteiger partial charge in [-0.3, -0.25) is 9.69 Å². The van der Waals surface area contributed by atoms with Crippen molar-refractivity contribution in [1.82, 2.24) is 4.98 Å². The largest absolute Gasteiger partial charge is 0.345 e. The molecule has 0 aliphatic carbocycles. The van der Waals surface area contributed by atoms with Crippen molar-refractivity contribution in [3.63, 3.8) is 0 Å². The quantitative estimate of drug-likeness (QED) is 0.413. The highest BCUT2D eigenvalue weighted by Gasteiger charge is 2.37. The van der Waals surface area contributed by atoms with E-state index in [1.807, 2.05) is 60.7 Å². The van der Waals surface area contributed by atoms with Gasteiger partial charge in [0.15, 0.2) is 0 Å². The summed E-state index contributed by atoms with van der Waals surface area (Å²) in [5, 5.41) is 5.26. The zero-order chi connectivity index (χ0) is 20.0. The Balaban J connectivity index is 1.75. The zero-order valence-corrected chi connectivity index (χ0v) is 16.7. The molecule has 0 bridgehead atoms. The molecule has 1 atom stereocenters. The highest BCUT2D eigenvalue weighted by atomic mass is 35.5. The molecule has 1 amide bonds. The number of halogens is 2. The first-order valence-corrected chi connectivity index (χ1v) is 9.88. The standard InChI is InChI=1S/C23H15Cl2N3O/c24-17-10-6-11-18(25)20(17)22-27-21-16(13-14-7-4-5-12-19(14)26-21)23(29)28(22)15-8-2-1-3-9-15/h1-13,22H,(H,26,27)/t22-/m1/s1. The number of amides is 1.